The molecule has 0 spiro atoms. The van der Waals surface area contributed by atoms with Gasteiger partial charge in [-0.3, -0.25) is 4.79 Å². The van der Waals surface area contributed by atoms with E-state index in [0.717, 1.165) is 12.1 Å². The molecule has 1 aliphatic rings. The number of amides is 1. The molecule has 0 fully saturated rings. The van der Waals surface area contributed by atoms with E-state index in [-0.39, 0.29) is 36.2 Å². The fourth-order valence-electron chi connectivity index (χ4n) is 3.58. The molecule has 1 aliphatic heterocycles. The van der Waals surface area contributed by atoms with Gasteiger partial charge >= 0.3 is 5.97 Å². The van der Waals surface area contributed by atoms with Gasteiger partial charge in [-0.2, -0.15) is 9.78 Å². The smallest absolute Gasteiger partial charge is 0.362 e. The number of nitrogens with zero attached hydrogens (tertiary/aromatic N) is 8. The second kappa shape index (κ2) is 9.98. The molecule has 0 saturated carbocycles. The Morgan fingerprint density at radius 1 is 1.31 bits per heavy atom. The van der Waals surface area contributed by atoms with E-state index < -0.39 is 17.6 Å². The highest BCUT2D eigenvalue weighted by atomic mass is 16.6. The summed E-state index contributed by atoms with van der Waals surface area (Å²) in [5, 5.41) is 31.2. The third-order valence-electron chi connectivity index (χ3n) is 5.24. The van der Waals surface area contributed by atoms with E-state index in [1.54, 1.807) is 6.92 Å². The third kappa shape index (κ3) is 4.64. The summed E-state index contributed by atoms with van der Waals surface area (Å²) in [5.74, 6) is -1.57. The maximum atomic E-state index is 13.0. The normalized spacial score (nSPS) is 13.6. The molecule has 2 aromatic heterocycles. The van der Waals surface area contributed by atoms with Crippen LogP contribution < -0.4 is 16.1 Å². The van der Waals surface area contributed by atoms with Gasteiger partial charge in [-0.15, -0.1) is 5.10 Å². The Morgan fingerprint density at radius 3 is 2.83 bits per heavy atom. The molecule has 1 aromatic carbocycles. The molecule has 4 rings (SSSR count). The summed E-state index contributed by atoms with van der Waals surface area (Å²) in [5.41, 5.74) is 10.1. The van der Waals surface area contributed by atoms with Crippen molar-refractivity contribution in [3.8, 4) is 5.82 Å². The third-order valence-corrected chi connectivity index (χ3v) is 5.24. The number of nitrogen functional groups attached to an aromatic ring is 1. The standard InChI is InChI=1S/C20H22N10O5/c1-3-34-20(32)15(25-33)11(2)22-24-19(31)16-14(30(28-23-16)18-17(21)26-35-27-18)10-29-9-8-12-6-4-5-7-13(12)29/h4-7,33H,3,8-10H2,1-2H3,(H2,21,26)(H,24,31)/b22-11-,25-15-. The average molecular weight is 482 g/mol. The summed E-state index contributed by atoms with van der Waals surface area (Å²) in [7, 11) is 0. The van der Waals surface area contributed by atoms with Crippen molar-refractivity contribution in [2.75, 3.05) is 23.8 Å². The van der Waals surface area contributed by atoms with Crippen LogP contribution in [0, 0.1) is 0 Å². The van der Waals surface area contributed by atoms with Gasteiger partial charge in [0.05, 0.1) is 24.6 Å². The van der Waals surface area contributed by atoms with Crippen molar-refractivity contribution < 1.29 is 24.2 Å². The predicted molar refractivity (Wildman–Crippen MR) is 121 cm³/mol. The Morgan fingerprint density at radius 2 is 2.11 bits per heavy atom. The van der Waals surface area contributed by atoms with Crippen LogP contribution in [0.25, 0.3) is 5.82 Å². The molecule has 4 N–H and O–H groups in total. The molecule has 0 aliphatic carbocycles. The molecule has 1 amide bonds. The fourth-order valence-corrected chi connectivity index (χ4v) is 3.58. The lowest BCUT2D eigenvalue weighted by Gasteiger charge is -2.19. The van der Waals surface area contributed by atoms with Crippen LogP contribution in [-0.4, -0.2) is 67.0 Å². The lowest BCUT2D eigenvalue weighted by molar-refractivity contribution is -0.134. The van der Waals surface area contributed by atoms with Crippen LogP contribution in [0.2, 0.25) is 0 Å². The van der Waals surface area contributed by atoms with E-state index in [4.69, 9.17) is 15.7 Å². The molecule has 0 saturated heterocycles. The minimum Gasteiger partial charge on any atom is -0.461 e. The number of benzene rings is 1. The van der Waals surface area contributed by atoms with Crippen molar-refractivity contribution in [1.82, 2.24) is 30.7 Å². The van der Waals surface area contributed by atoms with Crippen LogP contribution >= 0.6 is 0 Å². The van der Waals surface area contributed by atoms with Crippen LogP contribution in [0.3, 0.4) is 0 Å². The summed E-state index contributed by atoms with van der Waals surface area (Å²) in [6.07, 6.45) is 0.841. The first-order chi connectivity index (χ1) is 16.9. The number of carbonyl (C=O) groups is 2. The molecular formula is C20H22N10O5. The van der Waals surface area contributed by atoms with Crippen molar-refractivity contribution in [1.29, 1.82) is 0 Å². The molecule has 15 nitrogen and oxygen atoms in total. The zero-order valence-corrected chi connectivity index (χ0v) is 18.9. The van der Waals surface area contributed by atoms with E-state index in [1.807, 2.05) is 24.3 Å². The highest BCUT2D eigenvalue weighted by molar-refractivity contribution is 6.65. The van der Waals surface area contributed by atoms with Gasteiger partial charge in [0.1, 0.15) is 0 Å². The number of esters is 1. The van der Waals surface area contributed by atoms with E-state index in [1.165, 1.54) is 17.2 Å². The second-order valence-corrected chi connectivity index (χ2v) is 7.38. The lowest BCUT2D eigenvalue weighted by atomic mass is 10.2. The number of hydrogen-bond donors (Lipinski definition) is 3. The number of rotatable bonds is 8. The number of hydrogen-bond acceptors (Lipinski definition) is 13. The maximum absolute atomic E-state index is 13.0. The van der Waals surface area contributed by atoms with Gasteiger partial charge in [0.2, 0.25) is 17.3 Å². The molecule has 0 unspecified atom stereocenters. The number of ether oxygens (including phenoxy) is 1. The quantitative estimate of drug-likeness (QED) is 0.172. The largest absolute Gasteiger partial charge is 0.461 e. The summed E-state index contributed by atoms with van der Waals surface area (Å²) in [4.78, 5) is 26.9. The Labute approximate surface area is 198 Å². The Balaban J connectivity index is 1.64. The average Bonchev–Trinajstić information content (AvgIpc) is 3.57. The summed E-state index contributed by atoms with van der Waals surface area (Å²) >= 11 is 0. The van der Waals surface area contributed by atoms with Crippen molar-refractivity contribution >= 4 is 34.8 Å². The van der Waals surface area contributed by atoms with Crippen molar-refractivity contribution in [2.24, 2.45) is 10.3 Å². The monoisotopic (exact) mass is 482 g/mol. The number of oxime groups is 1. The number of carbonyl (C=O) groups excluding carboxylic acids is 2. The predicted octanol–water partition coefficient (Wildman–Crippen LogP) is 0.294. The number of fused-ring (bicyclic) bond motifs is 1. The summed E-state index contributed by atoms with van der Waals surface area (Å²) in [6, 6.07) is 7.93. The van der Waals surface area contributed by atoms with Gasteiger partial charge in [0, 0.05) is 12.2 Å². The van der Waals surface area contributed by atoms with Crippen molar-refractivity contribution in [2.45, 2.75) is 26.8 Å². The van der Waals surface area contributed by atoms with Gasteiger partial charge < -0.3 is 20.6 Å². The number of hydrazone groups is 1. The zero-order valence-electron chi connectivity index (χ0n) is 18.9. The Hall–Kier alpha value is -4.82. The number of nitrogens with one attached hydrogen (secondary N) is 1. The molecule has 3 aromatic rings. The summed E-state index contributed by atoms with van der Waals surface area (Å²) in [6.45, 7) is 4.00. The van der Waals surface area contributed by atoms with Crippen molar-refractivity contribution in [3.63, 3.8) is 0 Å². The Kier molecular flexibility index (Phi) is 6.66. The van der Waals surface area contributed by atoms with Crippen LogP contribution in [0.4, 0.5) is 11.5 Å². The van der Waals surface area contributed by atoms with E-state index in [2.05, 4.69) is 45.8 Å². The summed E-state index contributed by atoms with van der Waals surface area (Å²) < 4.78 is 10.8. The van der Waals surface area contributed by atoms with Gasteiger partial charge in [0.25, 0.3) is 5.91 Å². The first-order valence-corrected chi connectivity index (χ1v) is 10.5. The highest BCUT2D eigenvalue weighted by Gasteiger charge is 2.28. The minimum absolute atomic E-state index is 0.0305. The van der Waals surface area contributed by atoms with Crippen LogP contribution in [-0.2, 0) is 22.5 Å². The molecule has 182 valence electrons. The second-order valence-electron chi connectivity index (χ2n) is 7.38. The first-order valence-electron chi connectivity index (χ1n) is 10.5. The van der Waals surface area contributed by atoms with Gasteiger partial charge in [-0.1, -0.05) is 28.6 Å². The van der Waals surface area contributed by atoms with Gasteiger partial charge in [-0.25, -0.2) is 14.8 Å². The van der Waals surface area contributed by atoms with Crippen LogP contribution in [0.15, 0.2) is 39.2 Å². The number of nitrogens with two attached hydrogens (primary N) is 1. The van der Waals surface area contributed by atoms with Crippen molar-refractivity contribution in [3.05, 3.63) is 41.2 Å². The van der Waals surface area contributed by atoms with Gasteiger partial charge in [0.15, 0.2) is 5.69 Å². The van der Waals surface area contributed by atoms with E-state index in [9.17, 15) is 9.59 Å². The lowest BCUT2D eigenvalue weighted by Crippen LogP contribution is -2.29. The fraction of sp³-hybridized carbons (Fsp3) is 0.300. The molecule has 35 heavy (non-hydrogen) atoms. The molecule has 0 bridgehead atoms. The van der Waals surface area contributed by atoms with E-state index in [0.29, 0.717) is 12.2 Å². The molecule has 3 heterocycles. The SMILES string of the molecule is CCOC(=O)C(=N\O)/C(C)=N\NC(=O)c1nnn(-c2nonc2N)c1CN1CCc2ccccc21. The topological polar surface area (TPSA) is 199 Å². The Bertz CT molecular complexity index is 1310. The number of para-hydroxylation sites is 1. The zero-order chi connectivity index (χ0) is 24.9. The van der Waals surface area contributed by atoms with Crippen LogP contribution in [0.5, 0.6) is 0 Å². The van der Waals surface area contributed by atoms with E-state index >= 15 is 0 Å². The highest BCUT2D eigenvalue weighted by Crippen LogP contribution is 2.30. The molecule has 0 atom stereocenters. The van der Waals surface area contributed by atoms with Crippen LogP contribution in [0.1, 0.15) is 35.6 Å². The number of aromatic nitrogens is 5. The minimum atomic E-state index is -0.890. The first kappa shape index (κ1) is 23.3. The van der Waals surface area contributed by atoms with Gasteiger partial charge in [-0.05, 0) is 42.2 Å². The molecular weight excluding hydrogens is 460 g/mol. The molecule has 15 heteroatoms. The number of anilines is 2. The molecule has 0 radical (unpaired) electrons. The maximum Gasteiger partial charge on any atom is 0.362 e.